The number of hydrogen-bond acceptors (Lipinski definition) is 4. The fourth-order valence-electron chi connectivity index (χ4n) is 3.14. The number of benzene rings is 1. The molecule has 0 spiro atoms. The van der Waals surface area contributed by atoms with Gasteiger partial charge in [0, 0.05) is 22.1 Å². The number of hydrogen-bond donors (Lipinski definition) is 1. The van der Waals surface area contributed by atoms with Crippen LogP contribution in [0.4, 0.5) is 0 Å². The van der Waals surface area contributed by atoms with Crippen molar-refractivity contribution in [3.05, 3.63) is 27.8 Å². The first-order valence-corrected chi connectivity index (χ1v) is 7.19. The number of aliphatic hydroxyl groups excluding tert-OH is 1. The molecule has 108 valence electrons. The molecule has 0 bridgehead atoms. The van der Waals surface area contributed by atoms with E-state index in [1.807, 2.05) is 6.92 Å². The molecule has 1 aliphatic heterocycles. The van der Waals surface area contributed by atoms with Crippen LogP contribution in [0.1, 0.15) is 42.6 Å². The molecule has 1 aliphatic carbocycles. The summed E-state index contributed by atoms with van der Waals surface area (Å²) in [5.41, 5.74) is 2.49. The molecule has 4 atom stereocenters. The van der Waals surface area contributed by atoms with Gasteiger partial charge in [0.2, 0.25) is 0 Å². The molecular formula is C15H17ClO4. The summed E-state index contributed by atoms with van der Waals surface area (Å²) >= 11 is 6.25. The van der Waals surface area contributed by atoms with Gasteiger partial charge < -0.3 is 14.6 Å². The number of rotatable bonds is 3. The van der Waals surface area contributed by atoms with Gasteiger partial charge >= 0.3 is 5.97 Å². The van der Waals surface area contributed by atoms with Gasteiger partial charge in [0.25, 0.3) is 0 Å². The zero-order valence-corrected chi connectivity index (χ0v) is 12.4. The Balaban J connectivity index is 2.02. The van der Waals surface area contributed by atoms with Gasteiger partial charge in [-0.15, -0.1) is 0 Å². The second kappa shape index (κ2) is 4.64. The van der Waals surface area contributed by atoms with Gasteiger partial charge in [-0.3, -0.25) is 4.79 Å². The van der Waals surface area contributed by atoms with E-state index in [1.54, 1.807) is 19.9 Å². The SMILES string of the molecule is CCOC(=O)[C@H]1C2c3c(c(C)cc(Cl)c3[C@@H](C)O)O[C@@H]21. The van der Waals surface area contributed by atoms with Crippen LogP contribution in [-0.2, 0) is 9.53 Å². The van der Waals surface area contributed by atoms with Crippen molar-refractivity contribution in [2.45, 2.75) is 38.9 Å². The van der Waals surface area contributed by atoms with E-state index in [4.69, 9.17) is 21.1 Å². The van der Waals surface area contributed by atoms with E-state index >= 15 is 0 Å². The summed E-state index contributed by atoms with van der Waals surface area (Å²) in [7, 11) is 0. The van der Waals surface area contributed by atoms with Crippen LogP contribution in [0.25, 0.3) is 0 Å². The Bertz CT molecular complexity index is 582. The minimum absolute atomic E-state index is 0.0361. The Morgan fingerprint density at radius 2 is 2.30 bits per heavy atom. The highest BCUT2D eigenvalue weighted by molar-refractivity contribution is 6.31. The molecule has 1 fully saturated rings. The molecule has 2 aliphatic rings. The van der Waals surface area contributed by atoms with Crippen LogP contribution in [0.3, 0.4) is 0 Å². The highest BCUT2D eigenvalue weighted by atomic mass is 35.5. The first-order chi connectivity index (χ1) is 9.47. The molecule has 5 heteroatoms. The van der Waals surface area contributed by atoms with E-state index in [1.165, 1.54) is 0 Å². The van der Waals surface area contributed by atoms with Crippen LogP contribution in [0.2, 0.25) is 5.02 Å². The molecule has 20 heavy (non-hydrogen) atoms. The fraction of sp³-hybridized carbons (Fsp3) is 0.533. The van der Waals surface area contributed by atoms with Crippen molar-refractivity contribution in [3.8, 4) is 5.75 Å². The fourth-order valence-corrected chi connectivity index (χ4v) is 3.56. The highest BCUT2D eigenvalue weighted by Crippen LogP contribution is 2.62. The molecule has 1 aromatic rings. The normalized spacial score (nSPS) is 27.4. The van der Waals surface area contributed by atoms with Crippen LogP contribution in [0, 0.1) is 12.8 Å². The average molecular weight is 297 g/mol. The topological polar surface area (TPSA) is 55.8 Å². The smallest absolute Gasteiger partial charge is 0.313 e. The Labute approximate surface area is 122 Å². The van der Waals surface area contributed by atoms with Gasteiger partial charge in [0.1, 0.15) is 17.8 Å². The van der Waals surface area contributed by atoms with Crippen LogP contribution in [-0.4, -0.2) is 23.8 Å². The molecule has 0 amide bonds. The van der Waals surface area contributed by atoms with E-state index in [2.05, 4.69) is 0 Å². The van der Waals surface area contributed by atoms with Crippen LogP contribution in [0.5, 0.6) is 5.75 Å². The lowest BCUT2D eigenvalue weighted by Crippen LogP contribution is -2.14. The summed E-state index contributed by atoms with van der Waals surface area (Å²) in [6.45, 7) is 5.74. The van der Waals surface area contributed by atoms with Crippen LogP contribution >= 0.6 is 11.6 Å². The largest absolute Gasteiger partial charge is 0.488 e. The molecule has 3 rings (SSSR count). The van der Waals surface area contributed by atoms with Crippen molar-refractivity contribution in [2.24, 2.45) is 5.92 Å². The molecule has 0 aromatic heterocycles. The summed E-state index contributed by atoms with van der Waals surface area (Å²) in [4.78, 5) is 11.9. The minimum Gasteiger partial charge on any atom is -0.488 e. The third kappa shape index (κ3) is 1.82. The maximum absolute atomic E-state index is 11.9. The van der Waals surface area contributed by atoms with Gasteiger partial charge in [-0.1, -0.05) is 11.6 Å². The number of ether oxygens (including phenoxy) is 2. The van der Waals surface area contributed by atoms with Crippen LogP contribution < -0.4 is 4.74 Å². The summed E-state index contributed by atoms with van der Waals surface area (Å²) in [6.07, 6.45) is -0.860. The lowest BCUT2D eigenvalue weighted by molar-refractivity contribution is -0.145. The van der Waals surface area contributed by atoms with E-state index in [9.17, 15) is 9.90 Å². The predicted octanol–water partition coefficient (Wildman–Crippen LogP) is 2.74. The van der Waals surface area contributed by atoms with Gasteiger partial charge in [-0.25, -0.2) is 0 Å². The summed E-state index contributed by atoms with van der Waals surface area (Å²) < 4.78 is 10.9. The maximum atomic E-state index is 11.9. The molecule has 4 nitrogen and oxygen atoms in total. The second-order valence-corrected chi connectivity index (χ2v) is 5.80. The van der Waals surface area contributed by atoms with Crippen molar-refractivity contribution in [2.75, 3.05) is 6.61 Å². The van der Waals surface area contributed by atoms with Crippen molar-refractivity contribution in [1.82, 2.24) is 0 Å². The average Bonchev–Trinajstić information content (AvgIpc) is 2.94. The van der Waals surface area contributed by atoms with Crippen molar-refractivity contribution < 1.29 is 19.4 Å². The first-order valence-electron chi connectivity index (χ1n) is 6.81. The second-order valence-electron chi connectivity index (χ2n) is 5.39. The Hall–Kier alpha value is -1.26. The van der Waals surface area contributed by atoms with Crippen molar-refractivity contribution >= 4 is 17.6 Å². The number of esters is 1. The first kappa shape index (κ1) is 13.7. The number of halogens is 1. The zero-order chi connectivity index (χ0) is 14.6. The lowest BCUT2D eigenvalue weighted by atomic mass is 9.95. The van der Waals surface area contributed by atoms with Crippen LogP contribution in [0.15, 0.2) is 6.07 Å². The molecule has 0 saturated heterocycles. The third-order valence-electron chi connectivity index (χ3n) is 4.01. The molecule has 1 N–H and O–H groups in total. The number of fused-ring (bicyclic) bond motifs is 3. The van der Waals surface area contributed by atoms with Gasteiger partial charge in [-0.2, -0.15) is 0 Å². The van der Waals surface area contributed by atoms with Crippen molar-refractivity contribution in [1.29, 1.82) is 0 Å². The van der Waals surface area contributed by atoms with E-state index < -0.39 is 6.10 Å². The van der Waals surface area contributed by atoms with Crippen molar-refractivity contribution in [3.63, 3.8) is 0 Å². The number of carbonyl (C=O) groups is 1. The quantitative estimate of drug-likeness (QED) is 0.872. The standard InChI is InChI=1S/C15H17ClO4/c1-4-19-15(18)12-11-10-9(7(3)17)8(16)5-6(2)13(10)20-14(11)12/h5,7,11-12,14,17H,4H2,1-3H3/t7-,11?,12+,14+/m1/s1. The molecule has 1 unspecified atom stereocenters. The minimum atomic E-state index is -0.692. The molecule has 1 saturated carbocycles. The Morgan fingerprint density at radius 1 is 1.60 bits per heavy atom. The number of aliphatic hydroxyl groups is 1. The predicted molar refractivity (Wildman–Crippen MR) is 74.1 cm³/mol. The summed E-state index contributed by atoms with van der Waals surface area (Å²) in [6, 6.07) is 1.80. The monoisotopic (exact) mass is 296 g/mol. The number of carbonyl (C=O) groups excluding carboxylic acids is 1. The Kier molecular flexibility index (Phi) is 3.18. The Morgan fingerprint density at radius 3 is 2.90 bits per heavy atom. The third-order valence-corrected chi connectivity index (χ3v) is 4.32. The van der Waals surface area contributed by atoms with E-state index in [0.29, 0.717) is 17.2 Å². The summed E-state index contributed by atoms with van der Waals surface area (Å²) in [5.74, 6) is 0.229. The molecule has 0 radical (unpaired) electrons. The lowest BCUT2D eigenvalue weighted by Gasteiger charge is -2.17. The van der Waals surface area contributed by atoms with Gasteiger partial charge in [-0.05, 0) is 32.4 Å². The summed E-state index contributed by atoms with van der Waals surface area (Å²) in [5, 5.41) is 10.5. The molecular weight excluding hydrogens is 280 g/mol. The zero-order valence-electron chi connectivity index (χ0n) is 11.6. The van der Waals surface area contributed by atoms with E-state index in [0.717, 1.165) is 16.9 Å². The van der Waals surface area contributed by atoms with E-state index in [-0.39, 0.29) is 23.9 Å². The molecule has 1 aromatic carbocycles. The van der Waals surface area contributed by atoms with Gasteiger partial charge in [0.15, 0.2) is 0 Å². The number of aryl methyl sites for hydroxylation is 1. The van der Waals surface area contributed by atoms with Gasteiger partial charge in [0.05, 0.1) is 12.7 Å². The maximum Gasteiger partial charge on any atom is 0.313 e. The molecule has 1 heterocycles. The highest BCUT2D eigenvalue weighted by Gasteiger charge is 2.64.